The zero-order valence-electron chi connectivity index (χ0n) is 13.1. The first kappa shape index (κ1) is 15.9. The van der Waals surface area contributed by atoms with E-state index in [4.69, 9.17) is 0 Å². The lowest BCUT2D eigenvalue weighted by molar-refractivity contribution is 0.146. The van der Waals surface area contributed by atoms with Gasteiger partial charge in [0.25, 0.3) is 0 Å². The van der Waals surface area contributed by atoms with Crippen LogP contribution in [0.4, 0.5) is 14.5 Å². The van der Waals surface area contributed by atoms with E-state index in [9.17, 15) is 13.9 Å². The summed E-state index contributed by atoms with van der Waals surface area (Å²) in [6.07, 6.45) is 1.03. The zero-order chi connectivity index (χ0) is 16.4. The van der Waals surface area contributed by atoms with Crippen molar-refractivity contribution in [3.63, 3.8) is 0 Å². The van der Waals surface area contributed by atoms with Crippen molar-refractivity contribution >= 4 is 5.69 Å². The van der Waals surface area contributed by atoms with Crippen LogP contribution in [0, 0.1) is 17.6 Å². The van der Waals surface area contributed by atoms with Crippen LogP contribution in [0.3, 0.4) is 0 Å². The number of nitrogens with zero attached hydrogens (tertiary/aromatic N) is 1. The number of benzene rings is 2. The van der Waals surface area contributed by atoms with Crippen LogP contribution in [-0.4, -0.2) is 17.7 Å². The second-order valence-electron chi connectivity index (χ2n) is 6.27. The highest BCUT2D eigenvalue weighted by atomic mass is 19.1. The minimum atomic E-state index is -0.553. The van der Waals surface area contributed by atoms with Crippen molar-refractivity contribution < 1.29 is 13.9 Å². The SMILES string of the molecule is CC1[C@@H](CCC(O)c2ccc(F)cc2)CN1c1ccc(F)cc1. The topological polar surface area (TPSA) is 23.5 Å². The third kappa shape index (κ3) is 3.53. The molecule has 2 nitrogen and oxygen atoms in total. The van der Waals surface area contributed by atoms with E-state index < -0.39 is 6.10 Å². The summed E-state index contributed by atoms with van der Waals surface area (Å²) < 4.78 is 25.9. The fourth-order valence-corrected chi connectivity index (χ4v) is 3.22. The van der Waals surface area contributed by atoms with Crippen molar-refractivity contribution in [1.82, 2.24) is 0 Å². The van der Waals surface area contributed by atoms with E-state index in [-0.39, 0.29) is 11.6 Å². The molecule has 2 unspecified atom stereocenters. The molecule has 0 saturated carbocycles. The predicted molar refractivity (Wildman–Crippen MR) is 87.3 cm³/mol. The van der Waals surface area contributed by atoms with Gasteiger partial charge in [-0.1, -0.05) is 12.1 Å². The Balaban J connectivity index is 1.50. The first-order chi connectivity index (χ1) is 11.0. The summed E-state index contributed by atoms with van der Waals surface area (Å²) in [7, 11) is 0. The Kier molecular flexibility index (Phi) is 4.62. The Labute approximate surface area is 135 Å². The van der Waals surface area contributed by atoms with Crippen LogP contribution in [0.2, 0.25) is 0 Å². The molecule has 1 saturated heterocycles. The highest BCUT2D eigenvalue weighted by Gasteiger charge is 2.35. The monoisotopic (exact) mass is 317 g/mol. The van der Waals surface area contributed by atoms with Gasteiger partial charge in [-0.15, -0.1) is 0 Å². The van der Waals surface area contributed by atoms with Crippen LogP contribution in [-0.2, 0) is 0 Å². The quantitative estimate of drug-likeness (QED) is 0.888. The molecule has 1 heterocycles. The largest absolute Gasteiger partial charge is 0.388 e. The van der Waals surface area contributed by atoms with Crippen LogP contribution in [0.5, 0.6) is 0 Å². The van der Waals surface area contributed by atoms with Crippen LogP contribution in [0.1, 0.15) is 31.4 Å². The van der Waals surface area contributed by atoms with Crippen LogP contribution < -0.4 is 4.90 Å². The zero-order valence-corrected chi connectivity index (χ0v) is 13.1. The Morgan fingerprint density at radius 1 is 1.04 bits per heavy atom. The number of hydrogen-bond donors (Lipinski definition) is 1. The second kappa shape index (κ2) is 6.67. The normalized spacial score (nSPS) is 21.8. The maximum atomic E-state index is 13.0. The number of hydrogen-bond acceptors (Lipinski definition) is 2. The molecule has 0 aromatic heterocycles. The Bertz CT molecular complexity index is 641. The lowest BCUT2D eigenvalue weighted by Crippen LogP contribution is -2.54. The number of anilines is 1. The molecule has 0 spiro atoms. The summed E-state index contributed by atoms with van der Waals surface area (Å²) in [6.45, 7) is 3.07. The van der Waals surface area contributed by atoms with E-state index in [1.54, 1.807) is 24.3 Å². The molecule has 0 amide bonds. The summed E-state index contributed by atoms with van der Waals surface area (Å²) in [5.41, 5.74) is 1.79. The Morgan fingerprint density at radius 3 is 2.17 bits per heavy atom. The molecule has 1 aliphatic heterocycles. The lowest BCUT2D eigenvalue weighted by Gasteiger charge is -2.48. The second-order valence-corrected chi connectivity index (χ2v) is 6.27. The van der Waals surface area contributed by atoms with Crippen molar-refractivity contribution in [3.8, 4) is 0 Å². The molecule has 3 rings (SSSR count). The Hall–Kier alpha value is -1.94. The molecule has 23 heavy (non-hydrogen) atoms. The minimum Gasteiger partial charge on any atom is -0.388 e. The van der Waals surface area contributed by atoms with Gasteiger partial charge in [0.2, 0.25) is 0 Å². The maximum absolute atomic E-state index is 13.0. The van der Waals surface area contributed by atoms with Gasteiger partial charge in [-0.3, -0.25) is 0 Å². The molecule has 1 aliphatic rings. The smallest absolute Gasteiger partial charge is 0.123 e. The lowest BCUT2D eigenvalue weighted by atomic mass is 9.84. The summed E-state index contributed by atoms with van der Waals surface area (Å²) in [6, 6.07) is 13.0. The molecular weight excluding hydrogens is 296 g/mol. The van der Waals surface area contributed by atoms with Crippen LogP contribution in [0.25, 0.3) is 0 Å². The summed E-state index contributed by atoms with van der Waals surface area (Å²) >= 11 is 0. The van der Waals surface area contributed by atoms with Gasteiger partial charge in [0, 0.05) is 18.3 Å². The molecule has 2 aromatic rings. The van der Waals surface area contributed by atoms with E-state index in [0.29, 0.717) is 18.4 Å². The molecule has 1 fully saturated rings. The maximum Gasteiger partial charge on any atom is 0.123 e. The molecule has 0 radical (unpaired) electrons. The fraction of sp³-hybridized carbons (Fsp3) is 0.368. The third-order valence-corrected chi connectivity index (χ3v) is 4.83. The van der Waals surface area contributed by atoms with Crippen molar-refractivity contribution in [1.29, 1.82) is 0 Å². The van der Waals surface area contributed by atoms with E-state index in [1.165, 1.54) is 24.3 Å². The first-order valence-electron chi connectivity index (χ1n) is 8.00. The van der Waals surface area contributed by atoms with Gasteiger partial charge < -0.3 is 10.0 Å². The van der Waals surface area contributed by atoms with Crippen molar-refractivity contribution in [2.24, 2.45) is 5.92 Å². The highest BCUT2D eigenvalue weighted by molar-refractivity contribution is 5.50. The van der Waals surface area contributed by atoms with Gasteiger partial charge in [0.05, 0.1) is 6.10 Å². The summed E-state index contributed by atoms with van der Waals surface area (Å²) in [4.78, 5) is 2.24. The van der Waals surface area contributed by atoms with E-state index in [1.807, 2.05) is 0 Å². The molecule has 4 heteroatoms. The van der Waals surface area contributed by atoms with Gasteiger partial charge in [0.1, 0.15) is 11.6 Å². The highest BCUT2D eigenvalue weighted by Crippen LogP contribution is 2.35. The van der Waals surface area contributed by atoms with Crippen molar-refractivity contribution in [3.05, 3.63) is 65.7 Å². The summed E-state index contributed by atoms with van der Waals surface area (Å²) in [5.74, 6) is -0.000414. The van der Waals surface area contributed by atoms with Gasteiger partial charge in [-0.25, -0.2) is 8.78 Å². The molecular formula is C19H21F2NO. The molecule has 0 aliphatic carbocycles. The van der Waals surface area contributed by atoms with Gasteiger partial charge in [-0.2, -0.15) is 0 Å². The van der Waals surface area contributed by atoms with Gasteiger partial charge in [-0.05, 0) is 67.6 Å². The number of halogens is 2. The van der Waals surface area contributed by atoms with Crippen molar-refractivity contribution in [2.75, 3.05) is 11.4 Å². The number of aliphatic hydroxyl groups excluding tert-OH is 1. The fourth-order valence-electron chi connectivity index (χ4n) is 3.22. The molecule has 0 bridgehead atoms. The van der Waals surface area contributed by atoms with Crippen LogP contribution in [0.15, 0.2) is 48.5 Å². The molecule has 1 N–H and O–H groups in total. The summed E-state index contributed by atoms with van der Waals surface area (Å²) in [5, 5.41) is 10.2. The molecule has 2 aromatic carbocycles. The number of aliphatic hydroxyl groups is 1. The molecule has 3 atom stereocenters. The predicted octanol–water partition coefficient (Wildman–Crippen LogP) is 4.30. The van der Waals surface area contributed by atoms with Gasteiger partial charge >= 0.3 is 0 Å². The van der Waals surface area contributed by atoms with Crippen LogP contribution >= 0.6 is 0 Å². The third-order valence-electron chi connectivity index (χ3n) is 4.83. The molecule has 122 valence electrons. The van der Waals surface area contributed by atoms with E-state index in [0.717, 1.165) is 24.2 Å². The van der Waals surface area contributed by atoms with Gasteiger partial charge in [0.15, 0.2) is 0 Å². The number of rotatable bonds is 5. The average Bonchev–Trinajstić information content (AvgIpc) is 2.55. The average molecular weight is 317 g/mol. The first-order valence-corrected chi connectivity index (χ1v) is 8.00. The van der Waals surface area contributed by atoms with E-state index >= 15 is 0 Å². The van der Waals surface area contributed by atoms with Crippen molar-refractivity contribution in [2.45, 2.75) is 31.9 Å². The standard InChI is InChI=1S/C19H21F2NO/c1-13-15(12-22(13)18-9-7-17(21)8-10-18)4-11-19(23)14-2-5-16(20)6-3-14/h2-3,5-10,13,15,19,23H,4,11-12H2,1H3/t13?,15-,19?/m0/s1. The van der Waals surface area contributed by atoms with E-state index in [2.05, 4.69) is 11.8 Å². The minimum absolute atomic E-state index is 0.221. The Morgan fingerprint density at radius 2 is 1.61 bits per heavy atom.